The molecule has 0 saturated carbocycles. The summed E-state index contributed by atoms with van der Waals surface area (Å²) in [6, 6.07) is 19.2. The molecular formula is C23H21F3O. The minimum absolute atomic E-state index is 0.0499. The third kappa shape index (κ3) is 4.91. The highest BCUT2D eigenvalue weighted by Gasteiger charge is 2.09. The van der Waals surface area contributed by atoms with Gasteiger partial charge >= 0.3 is 6.61 Å². The number of unbranched alkanes of at least 4 members (excludes halogenated alkanes) is 1. The van der Waals surface area contributed by atoms with Crippen LogP contribution in [0.15, 0.2) is 66.7 Å². The molecule has 0 heterocycles. The van der Waals surface area contributed by atoms with Crippen molar-refractivity contribution in [3.63, 3.8) is 0 Å². The molecule has 140 valence electrons. The third-order valence-electron chi connectivity index (χ3n) is 4.47. The number of aryl methyl sites for hydroxylation is 1. The zero-order chi connectivity index (χ0) is 19.2. The van der Waals surface area contributed by atoms with Gasteiger partial charge in [-0.15, -0.1) is 0 Å². The van der Waals surface area contributed by atoms with Crippen LogP contribution >= 0.6 is 0 Å². The van der Waals surface area contributed by atoms with E-state index in [0.29, 0.717) is 11.1 Å². The van der Waals surface area contributed by atoms with E-state index in [-0.39, 0.29) is 11.6 Å². The molecule has 0 fully saturated rings. The second-order valence-electron chi connectivity index (χ2n) is 6.40. The van der Waals surface area contributed by atoms with Crippen molar-refractivity contribution in [3.8, 4) is 28.0 Å². The first-order valence-corrected chi connectivity index (χ1v) is 9.01. The Morgan fingerprint density at radius 2 is 1.44 bits per heavy atom. The molecule has 0 amide bonds. The molecule has 3 aromatic carbocycles. The van der Waals surface area contributed by atoms with Crippen LogP contribution in [-0.4, -0.2) is 6.61 Å². The number of hydrogen-bond donors (Lipinski definition) is 0. The van der Waals surface area contributed by atoms with Gasteiger partial charge in [0.1, 0.15) is 11.6 Å². The van der Waals surface area contributed by atoms with E-state index in [2.05, 4.69) is 23.8 Å². The van der Waals surface area contributed by atoms with Crippen LogP contribution < -0.4 is 4.74 Å². The first-order chi connectivity index (χ1) is 13.1. The molecule has 27 heavy (non-hydrogen) atoms. The van der Waals surface area contributed by atoms with Gasteiger partial charge in [-0.3, -0.25) is 0 Å². The van der Waals surface area contributed by atoms with Crippen molar-refractivity contribution in [2.24, 2.45) is 0 Å². The molecule has 4 heteroatoms. The molecule has 0 unspecified atom stereocenters. The monoisotopic (exact) mass is 370 g/mol. The van der Waals surface area contributed by atoms with E-state index in [1.807, 2.05) is 18.2 Å². The number of alkyl halides is 2. The van der Waals surface area contributed by atoms with E-state index in [1.54, 1.807) is 18.2 Å². The summed E-state index contributed by atoms with van der Waals surface area (Å²) in [4.78, 5) is 0. The molecule has 0 radical (unpaired) electrons. The number of ether oxygens (including phenoxy) is 1. The molecule has 3 aromatic rings. The molecule has 1 nitrogen and oxygen atoms in total. The fourth-order valence-electron chi connectivity index (χ4n) is 2.99. The second-order valence-corrected chi connectivity index (χ2v) is 6.40. The van der Waals surface area contributed by atoms with Crippen molar-refractivity contribution in [1.29, 1.82) is 0 Å². The Hall–Kier alpha value is -2.75. The highest BCUT2D eigenvalue weighted by Crippen LogP contribution is 2.29. The predicted molar refractivity (Wildman–Crippen MR) is 103 cm³/mol. The minimum atomic E-state index is -2.87. The van der Waals surface area contributed by atoms with Gasteiger partial charge in [0.15, 0.2) is 0 Å². The van der Waals surface area contributed by atoms with Crippen LogP contribution in [0.4, 0.5) is 13.2 Å². The molecule has 0 aliphatic heterocycles. The molecule has 0 N–H and O–H groups in total. The lowest BCUT2D eigenvalue weighted by molar-refractivity contribution is -0.0498. The zero-order valence-corrected chi connectivity index (χ0v) is 15.1. The summed E-state index contributed by atoms with van der Waals surface area (Å²) < 4.78 is 43.4. The average Bonchev–Trinajstić information content (AvgIpc) is 2.67. The largest absolute Gasteiger partial charge is 0.435 e. The Balaban J connectivity index is 1.79. The fourth-order valence-corrected chi connectivity index (χ4v) is 2.99. The van der Waals surface area contributed by atoms with Gasteiger partial charge in [0.25, 0.3) is 0 Å². The van der Waals surface area contributed by atoms with Crippen molar-refractivity contribution in [2.45, 2.75) is 32.8 Å². The van der Waals surface area contributed by atoms with Gasteiger partial charge in [0.05, 0.1) is 0 Å². The molecule has 0 aliphatic rings. The lowest BCUT2D eigenvalue weighted by atomic mass is 9.98. The van der Waals surface area contributed by atoms with Gasteiger partial charge in [-0.05, 0) is 53.3 Å². The number of hydrogen-bond acceptors (Lipinski definition) is 1. The molecule has 0 saturated heterocycles. The van der Waals surface area contributed by atoms with Crippen molar-refractivity contribution in [1.82, 2.24) is 0 Å². The SMILES string of the molecule is CCCCc1ccc(-c2ccc(-c3ccc(OC(F)F)cc3)c(F)c2)cc1. The Morgan fingerprint density at radius 1 is 0.815 bits per heavy atom. The van der Waals surface area contributed by atoms with Gasteiger partial charge in [-0.1, -0.05) is 61.9 Å². The number of halogens is 3. The van der Waals surface area contributed by atoms with Crippen molar-refractivity contribution >= 4 is 0 Å². The van der Waals surface area contributed by atoms with Crippen molar-refractivity contribution in [3.05, 3.63) is 78.1 Å². The normalized spacial score (nSPS) is 11.0. The molecule has 0 aromatic heterocycles. The summed E-state index contributed by atoms with van der Waals surface area (Å²) in [7, 11) is 0. The van der Waals surface area contributed by atoms with E-state index in [1.165, 1.54) is 23.8 Å². The van der Waals surface area contributed by atoms with Crippen molar-refractivity contribution in [2.75, 3.05) is 0 Å². The topological polar surface area (TPSA) is 9.23 Å². The van der Waals surface area contributed by atoms with Crippen LogP contribution in [-0.2, 0) is 6.42 Å². The summed E-state index contributed by atoms with van der Waals surface area (Å²) in [6.07, 6.45) is 3.36. The summed E-state index contributed by atoms with van der Waals surface area (Å²) in [5.41, 5.74) is 4.07. The van der Waals surface area contributed by atoms with E-state index in [0.717, 1.165) is 30.4 Å². The van der Waals surface area contributed by atoms with Gasteiger partial charge in [0, 0.05) is 5.56 Å². The average molecular weight is 370 g/mol. The maximum absolute atomic E-state index is 14.6. The van der Waals surface area contributed by atoms with Crippen LogP contribution in [0.1, 0.15) is 25.3 Å². The molecule has 0 bridgehead atoms. The smallest absolute Gasteiger partial charge is 0.387 e. The summed E-state index contributed by atoms with van der Waals surface area (Å²) in [5, 5.41) is 0. The van der Waals surface area contributed by atoms with Crippen LogP contribution in [0.5, 0.6) is 5.75 Å². The predicted octanol–water partition coefficient (Wildman–Crippen LogP) is 7.10. The summed E-state index contributed by atoms with van der Waals surface area (Å²) in [6.45, 7) is -0.710. The maximum atomic E-state index is 14.6. The Labute approximate surface area is 157 Å². The van der Waals surface area contributed by atoms with E-state index in [4.69, 9.17) is 0 Å². The third-order valence-corrected chi connectivity index (χ3v) is 4.47. The molecule has 0 atom stereocenters. The van der Waals surface area contributed by atoms with Crippen LogP contribution in [0.25, 0.3) is 22.3 Å². The maximum Gasteiger partial charge on any atom is 0.387 e. The molecule has 0 spiro atoms. The Bertz CT molecular complexity index is 871. The number of benzene rings is 3. The van der Waals surface area contributed by atoms with Crippen LogP contribution in [0, 0.1) is 5.82 Å². The molecule has 3 rings (SSSR count). The first kappa shape index (κ1) is 19.0. The van der Waals surface area contributed by atoms with E-state index in [9.17, 15) is 13.2 Å². The minimum Gasteiger partial charge on any atom is -0.435 e. The zero-order valence-electron chi connectivity index (χ0n) is 15.1. The standard InChI is InChI=1S/C23H21F3O/c1-2-3-4-16-5-7-17(8-6-16)19-11-14-21(22(24)15-19)18-9-12-20(13-10-18)27-23(25)26/h5-15,23H,2-4H2,1H3. The highest BCUT2D eigenvalue weighted by molar-refractivity contribution is 5.71. The van der Waals surface area contributed by atoms with Gasteiger partial charge in [-0.2, -0.15) is 8.78 Å². The highest BCUT2D eigenvalue weighted by atomic mass is 19.3. The van der Waals surface area contributed by atoms with Gasteiger partial charge < -0.3 is 4.74 Å². The van der Waals surface area contributed by atoms with Gasteiger partial charge in [0.2, 0.25) is 0 Å². The van der Waals surface area contributed by atoms with Gasteiger partial charge in [-0.25, -0.2) is 4.39 Å². The summed E-state index contributed by atoms with van der Waals surface area (Å²) >= 11 is 0. The van der Waals surface area contributed by atoms with Crippen LogP contribution in [0.3, 0.4) is 0 Å². The van der Waals surface area contributed by atoms with Crippen molar-refractivity contribution < 1.29 is 17.9 Å². The molecular weight excluding hydrogens is 349 g/mol. The quantitative estimate of drug-likeness (QED) is 0.431. The van der Waals surface area contributed by atoms with E-state index >= 15 is 0 Å². The van der Waals surface area contributed by atoms with E-state index < -0.39 is 6.61 Å². The second kappa shape index (κ2) is 8.76. The fraction of sp³-hybridized carbons (Fsp3) is 0.217. The summed E-state index contributed by atoms with van der Waals surface area (Å²) in [5.74, 6) is -0.306. The lowest BCUT2D eigenvalue weighted by Crippen LogP contribution is -2.01. The first-order valence-electron chi connectivity index (χ1n) is 9.01. The van der Waals surface area contributed by atoms with Crippen LogP contribution in [0.2, 0.25) is 0 Å². The Kier molecular flexibility index (Phi) is 6.17. The Morgan fingerprint density at radius 3 is 2.04 bits per heavy atom. The molecule has 0 aliphatic carbocycles. The number of rotatable bonds is 7. The lowest BCUT2D eigenvalue weighted by Gasteiger charge is -2.09.